The number of hydrogen-bond donors (Lipinski definition) is 0. The number of fused-ring (bicyclic) bond motifs is 12. The summed E-state index contributed by atoms with van der Waals surface area (Å²) in [5, 5.41) is 9.22. The average molecular weight is 1380 g/mol. The highest BCUT2D eigenvalue weighted by Crippen LogP contribution is 2.51. The smallest absolute Gasteiger partial charge is 0.163 e. The maximum atomic E-state index is 6.68. The van der Waals surface area contributed by atoms with Crippen molar-refractivity contribution in [2.75, 3.05) is 0 Å². The SMILES string of the molecule is Cc1cc(C)cc(-c2c(-n3c4ccc(-c5ccccc5)cc4c4cc(-c5ccccc5)ccc43)c(-c3ccc(-n4c5ccccc5c5ccccc54)cc3)nc(-n3c4ccc(-c5ccccc5)cc4c4cc(-c5ccccc5)ccc43)c2-n2c3ccc(-c4ccccc4)cc3c3cc(-c4ccccc4)ccc32)c1. The lowest BCUT2D eigenvalue weighted by Crippen LogP contribution is -2.13. The quantitative estimate of drug-likeness (QED) is 0.120. The van der Waals surface area contributed by atoms with E-state index in [1.54, 1.807) is 0 Å². The molecule has 108 heavy (non-hydrogen) atoms. The van der Waals surface area contributed by atoms with E-state index in [9.17, 15) is 0 Å². The third-order valence-electron chi connectivity index (χ3n) is 22.2. The van der Waals surface area contributed by atoms with Crippen LogP contribution in [-0.4, -0.2) is 23.3 Å². The summed E-state index contributed by atoms with van der Waals surface area (Å²) in [6.45, 7) is 4.50. The van der Waals surface area contributed by atoms with Crippen LogP contribution < -0.4 is 0 Å². The molecule has 0 amide bonds. The molecule has 0 N–H and O–H groups in total. The first-order chi connectivity index (χ1) is 53.4. The van der Waals surface area contributed by atoms with Crippen LogP contribution in [0.4, 0.5) is 0 Å². The molecule has 5 heterocycles. The van der Waals surface area contributed by atoms with Gasteiger partial charge in [0.15, 0.2) is 5.82 Å². The van der Waals surface area contributed by atoms with Gasteiger partial charge in [-0.3, -0.25) is 4.57 Å². The Kier molecular flexibility index (Phi) is 14.7. The summed E-state index contributed by atoms with van der Waals surface area (Å²) in [6.07, 6.45) is 0. The molecule has 0 saturated heterocycles. The van der Waals surface area contributed by atoms with E-state index in [1.165, 1.54) is 10.8 Å². The molecule has 0 aliphatic carbocycles. The summed E-state index contributed by atoms with van der Waals surface area (Å²) in [6, 6.07) is 142. The van der Waals surface area contributed by atoms with Crippen LogP contribution in [-0.2, 0) is 0 Å². The Bertz CT molecular complexity index is 6760. The van der Waals surface area contributed by atoms with Gasteiger partial charge in [-0.05, 0) is 183 Å². The molecular formula is C103H69N5. The van der Waals surface area contributed by atoms with Crippen molar-refractivity contribution >= 4 is 87.2 Å². The Labute approximate surface area is 625 Å². The van der Waals surface area contributed by atoms with E-state index in [1.807, 2.05) is 0 Å². The largest absolute Gasteiger partial charge is 0.309 e. The highest BCUT2D eigenvalue weighted by Gasteiger charge is 2.33. The molecule has 21 rings (SSSR count). The van der Waals surface area contributed by atoms with Crippen molar-refractivity contribution in [1.29, 1.82) is 0 Å². The first-order valence-corrected chi connectivity index (χ1v) is 37.2. The molecule has 0 radical (unpaired) electrons. The third kappa shape index (κ3) is 10.3. The monoisotopic (exact) mass is 1380 g/mol. The van der Waals surface area contributed by atoms with Crippen molar-refractivity contribution in [2.45, 2.75) is 13.8 Å². The number of hydrogen-bond acceptors (Lipinski definition) is 1. The minimum absolute atomic E-state index is 0.783. The normalized spacial score (nSPS) is 11.8. The summed E-state index contributed by atoms with van der Waals surface area (Å²) in [5.41, 5.74) is 31.5. The van der Waals surface area contributed by atoms with Gasteiger partial charge in [-0.2, -0.15) is 0 Å². The van der Waals surface area contributed by atoms with Gasteiger partial charge in [-0.25, -0.2) is 4.98 Å². The number of nitrogens with zero attached hydrogens (tertiary/aromatic N) is 5. The molecule has 0 unspecified atom stereocenters. The van der Waals surface area contributed by atoms with Gasteiger partial charge in [-0.15, -0.1) is 0 Å². The van der Waals surface area contributed by atoms with Crippen molar-refractivity contribution in [3.8, 4) is 112 Å². The van der Waals surface area contributed by atoms with E-state index >= 15 is 0 Å². The van der Waals surface area contributed by atoms with Crippen LogP contribution in [0.25, 0.3) is 199 Å². The van der Waals surface area contributed by atoms with Crippen LogP contribution >= 0.6 is 0 Å². The molecule has 5 heteroatoms. The lowest BCUT2D eigenvalue weighted by atomic mass is 9.94. The molecule has 21 aromatic rings. The number of benzene rings is 16. The summed E-state index contributed by atoms with van der Waals surface area (Å²) in [4.78, 5) is 6.68. The summed E-state index contributed by atoms with van der Waals surface area (Å²) < 4.78 is 10.1. The van der Waals surface area contributed by atoms with E-state index in [-0.39, 0.29) is 0 Å². The van der Waals surface area contributed by atoms with Crippen molar-refractivity contribution < 1.29 is 0 Å². The van der Waals surface area contributed by atoms with E-state index in [4.69, 9.17) is 4.98 Å². The number of pyridine rings is 1. The van der Waals surface area contributed by atoms with Crippen LogP contribution in [0, 0.1) is 13.8 Å². The predicted molar refractivity (Wildman–Crippen MR) is 455 cm³/mol. The third-order valence-corrected chi connectivity index (χ3v) is 22.2. The van der Waals surface area contributed by atoms with Gasteiger partial charge in [0, 0.05) is 59.9 Å². The van der Waals surface area contributed by atoms with Crippen molar-refractivity contribution in [2.24, 2.45) is 0 Å². The molecule has 506 valence electrons. The second kappa shape index (κ2) is 25.3. The molecule has 0 fully saturated rings. The number of para-hydroxylation sites is 2. The van der Waals surface area contributed by atoms with Gasteiger partial charge in [-0.1, -0.05) is 296 Å². The number of aromatic nitrogens is 5. The molecule has 0 aliphatic heterocycles. The second-order valence-corrected chi connectivity index (χ2v) is 28.7. The Morgan fingerprint density at radius 3 is 0.778 bits per heavy atom. The Balaban J connectivity index is 0.979. The maximum Gasteiger partial charge on any atom is 0.163 e. The minimum atomic E-state index is 0.783. The van der Waals surface area contributed by atoms with E-state index < -0.39 is 0 Å². The number of rotatable bonds is 12. The highest BCUT2D eigenvalue weighted by atomic mass is 15.1. The molecule has 5 nitrogen and oxygen atoms in total. The molecule has 0 saturated carbocycles. The molecule has 0 spiro atoms. The molecule has 16 aromatic carbocycles. The van der Waals surface area contributed by atoms with Crippen molar-refractivity contribution in [3.05, 3.63) is 393 Å². The zero-order valence-electron chi connectivity index (χ0n) is 59.6. The zero-order valence-corrected chi connectivity index (χ0v) is 59.6. The van der Waals surface area contributed by atoms with Gasteiger partial charge in [0.05, 0.1) is 61.2 Å². The molecule has 0 aliphatic rings. The predicted octanol–water partition coefficient (Wildman–Crippen LogP) is 27.4. The Morgan fingerprint density at radius 2 is 0.454 bits per heavy atom. The fourth-order valence-corrected chi connectivity index (χ4v) is 17.3. The minimum Gasteiger partial charge on any atom is -0.309 e. The van der Waals surface area contributed by atoms with Gasteiger partial charge in [0.2, 0.25) is 0 Å². The second-order valence-electron chi connectivity index (χ2n) is 28.7. The van der Waals surface area contributed by atoms with Gasteiger partial charge < -0.3 is 13.7 Å². The maximum absolute atomic E-state index is 6.68. The summed E-state index contributed by atoms with van der Waals surface area (Å²) >= 11 is 0. The number of aryl methyl sites for hydroxylation is 2. The van der Waals surface area contributed by atoms with Crippen LogP contribution in [0.15, 0.2) is 382 Å². The Morgan fingerprint density at radius 1 is 0.185 bits per heavy atom. The zero-order chi connectivity index (χ0) is 71.5. The molecular weight excluding hydrogens is 1310 g/mol. The topological polar surface area (TPSA) is 32.6 Å². The van der Waals surface area contributed by atoms with Crippen LogP contribution in [0.3, 0.4) is 0 Å². The van der Waals surface area contributed by atoms with Crippen molar-refractivity contribution in [3.63, 3.8) is 0 Å². The summed E-state index contributed by atoms with van der Waals surface area (Å²) in [5.74, 6) is 0.783. The first kappa shape index (κ1) is 62.4. The molecule has 0 bridgehead atoms. The van der Waals surface area contributed by atoms with Crippen LogP contribution in [0.2, 0.25) is 0 Å². The van der Waals surface area contributed by atoms with E-state index in [2.05, 4.69) is 414 Å². The standard InChI is InChI=1S/C103H69N5/c1-66-57-67(2)59-81(58-66)99-101(106-93-51-43-75(68-25-9-3-10-26-68)60-85(93)86-61-76(44-52-94(86)106)69-27-11-4-12-28-69)100(74-41-49-82(50-42-74)105-91-39-23-21-37-83(91)84-38-22-24-40-92(84)105)104-103(108-97-55-47-79(72-33-17-7-18-34-72)64-89(97)90-65-80(48-56-98(90)108)73-35-19-8-20-36-73)102(99)107-95-53-45-77(70-29-13-5-14-30-70)62-87(95)88-63-78(46-54-96(88)107)71-31-15-6-16-32-71/h3-65H,1-2H3. The fraction of sp³-hybridized carbons (Fsp3) is 0.0194. The van der Waals surface area contributed by atoms with Crippen LogP contribution in [0.1, 0.15) is 11.1 Å². The highest BCUT2D eigenvalue weighted by molar-refractivity contribution is 6.18. The van der Waals surface area contributed by atoms with Gasteiger partial charge in [0.25, 0.3) is 0 Å². The molecule has 0 atom stereocenters. The lowest BCUT2D eigenvalue weighted by molar-refractivity contribution is 1.01. The first-order valence-electron chi connectivity index (χ1n) is 37.2. The van der Waals surface area contributed by atoms with Crippen molar-refractivity contribution in [1.82, 2.24) is 23.3 Å². The fourth-order valence-electron chi connectivity index (χ4n) is 17.3. The lowest BCUT2D eigenvalue weighted by Gasteiger charge is -2.27. The van der Waals surface area contributed by atoms with Gasteiger partial charge >= 0.3 is 0 Å². The average Bonchev–Trinajstić information content (AvgIpc) is 1.45. The van der Waals surface area contributed by atoms with E-state index in [0.29, 0.717) is 0 Å². The van der Waals surface area contributed by atoms with Crippen LogP contribution in [0.5, 0.6) is 0 Å². The molecule has 5 aromatic heterocycles. The Hall–Kier alpha value is -14.1. The van der Waals surface area contributed by atoms with E-state index in [0.717, 1.165) is 200 Å². The van der Waals surface area contributed by atoms with Gasteiger partial charge in [0.1, 0.15) is 0 Å². The summed E-state index contributed by atoms with van der Waals surface area (Å²) in [7, 11) is 0.